The first-order valence-electron chi connectivity index (χ1n) is 7.16. The van der Waals surface area contributed by atoms with E-state index < -0.39 is 18.5 Å². The largest absolute Gasteiger partial charge is 0.451 e. The fourth-order valence-electron chi connectivity index (χ4n) is 1.76. The van der Waals surface area contributed by atoms with Crippen molar-refractivity contribution in [2.75, 3.05) is 11.9 Å². The minimum Gasteiger partial charge on any atom is -0.451 e. The van der Waals surface area contributed by atoms with Crippen molar-refractivity contribution in [2.24, 2.45) is 0 Å². The molecule has 126 valence electrons. The molecule has 1 amide bonds. The second-order valence-corrected chi connectivity index (χ2v) is 5.20. The summed E-state index contributed by atoms with van der Waals surface area (Å²) in [7, 11) is 0. The number of nitrogens with one attached hydrogen (secondary N) is 1. The van der Waals surface area contributed by atoms with Crippen LogP contribution in [0.1, 0.15) is 23.8 Å². The fraction of sp³-hybridized carbons (Fsp3) is 0.267. The van der Waals surface area contributed by atoms with Crippen LogP contribution in [0.15, 0.2) is 35.3 Å². The third kappa shape index (κ3) is 4.88. The normalized spacial score (nSPS) is 10.2. The molecule has 8 nitrogen and oxygen atoms in total. The molecule has 24 heavy (non-hydrogen) atoms. The summed E-state index contributed by atoms with van der Waals surface area (Å²) in [6.45, 7) is 1.77. The molecule has 0 aliphatic rings. The monoisotopic (exact) mass is 350 g/mol. The van der Waals surface area contributed by atoms with Crippen molar-refractivity contribution in [3.05, 3.63) is 51.5 Å². The van der Waals surface area contributed by atoms with Gasteiger partial charge in [0.1, 0.15) is 5.82 Å². The number of hydrogen-bond donors (Lipinski definition) is 1. The number of amides is 1. The average Bonchev–Trinajstić information content (AvgIpc) is 2.57. The van der Waals surface area contributed by atoms with E-state index in [0.29, 0.717) is 18.0 Å². The van der Waals surface area contributed by atoms with Gasteiger partial charge in [-0.25, -0.2) is 14.5 Å². The molecule has 0 saturated heterocycles. The lowest BCUT2D eigenvalue weighted by atomic mass is 10.4. The molecule has 0 saturated carbocycles. The zero-order chi connectivity index (χ0) is 17.5. The maximum atomic E-state index is 11.9. The van der Waals surface area contributed by atoms with Gasteiger partial charge in [-0.1, -0.05) is 18.5 Å². The Morgan fingerprint density at radius 1 is 1.29 bits per heavy atom. The number of aromatic nitrogens is 3. The first-order valence-corrected chi connectivity index (χ1v) is 7.54. The van der Waals surface area contributed by atoms with Crippen LogP contribution in [0, 0.1) is 0 Å². The highest BCUT2D eigenvalue weighted by Crippen LogP contribution is 2.09. The van der Waals surface area contributed by atoms with Gasteiger partial charge in [0.2, 0.25) is 0 Å². The lowest BCUT2D eigenvalue weighted by Crippen LogP contribution is -2.26. The predicted octanol–water partition coefficient (Wildman–Crippen LogP) is 1.50. The molecule has 2 rings (SSSR count). The quantitative estimate of drug-likeness (QED) is 0.792. The van der Waals surface area contributed by atoms with Crippen molar-refractivity contribution < 1.29 is 14.3 Å². The van der Waals surface area contributed by atoms with E-state index in [2.05, 4.69) is 15.4 Å². The molecule has 0 radical (unpaired) electrons. The smallest absolute Gasteiger partial charge is 0.359 e. The zero-order valence-electron chi connectivity index (χ0n) is 12.9. The van der Waals surface area contributed by atoms with Crippen LogP contribution in [0.5, 0.6) is 0 Å². The summed E-state index contributed by atoms with van der Waals surface area (Å²) in [4.78, 5) is 39.1. The minimum atomic E-state index is -0.793. The molecule has 2 heterocycles. The molecular weight excluding hydrogens is 336 g/mol. The number of pyridine rings is 1. The summed E-state index contributed by atoms with van der Waals surface area (Å²) in [6.07, 6.45) is 2.08. The van der Waals surface area contributed by atoms with Crippen LogP contribution in [-0.2, 0) is 16.1 Å². The summed E-state index contributed by atoms with van der Waals surface area (Å²) < 4.78 is 6.05. The highest BCUT2D eigenvalue weighted by atomic mass is 35.5. The molecule has 0 atom stereocenters. The van der Waals surface area contributed by atoms with E-state index in [9.17, 15) is 14.4 Å². The molecule has 0 bridgehead atoms. The number of esters is 1. The number of aryl methyl sites for hydroxylation is 1. The second-order valence-electron chi connectivity index (χ2n) is 4.77. The molecule has 0 aromatic carbocycles. The number of carbonyl (C=O) groups excluding carboxylic acids is 2. The lowest BCUT2D eigenvalue weighted by Gasteiger charge is -2.07. The van der Waals surface area contributed by atoms with Gasteiger partial charge >= 0.3 is 5.97 Å². The van der Waals surface area contributed by atoms with Gasteiger partial charge in [0.05, 0.1) is 5.02 Å². The lowest BCUT2D eigenvalue weighted by molar-refractivity contribution is -0.119. The molecule has 0 aliphatic heterocycles. The van der Waals surface area contributed by atoms with Gasteiger partial charge in [-0.3, -0.25) is 9.59 Å². The highest BCUT2D eigenvalue weighted by molar-refractivity contribution is 6.30. The Balaban J connectivity index is 1.92. The van der Waals surface area contributed by atoms with E-state index in [1.165, 1.54) is 29.1 Å². The zero-order valence-corrected chi connectivity index (χ0v) is 13.6. The SMILES string of the molecule is CCCn1nc(C(=O)OCC(=O)Nc2ccc(Cl)cn2)ccc1=O. The number of ether oxygens (including phenoxy) is 1. The van der Waals surface area contributed by atoms with Crippen LogP contribution in [0.2, 0.25) is 5.02 Å². The number of halogens is 1. The Labute approximate surface area is 142 Å². The van der Waals surface area contributed by atoms with Gasteiger partial charge < -0.3 is 10.1 Å². The summed E-state index contributed by atoms with van der Waals surface area (Å²) in [5.74, 6) is -1.06. The van der Waals surface area contributed by atoms with Crippen LogP contribution in [0.25, 0.3) is 0 Å². The third-order valence-electron chi connectivity index (χ3n) is 2.84. The second kappa shape index (κ2) is 8.21. The first kappa shape index (κ1) is 17.6. The third-order valence-corrected chi connectivity index (χ3v) is 3.06. The van der Waals surface area contributed by atoms with E-state index in [-0.39, 0.29) is 17.1 Å². The predicted molar refractivity (Wildman–Crippen MR) is 86.9 cm³/mol. The van der Waals surface area contributed by atoms with E-state index in [0.717, 1.165) is 0 Å². The Morgan fingerprint density at radius 2 is 2.08 bits per heavy atom. The highest BCUT2D eigenvalue weighted by Gasteiger charge is 2.13. The number of anilines is 1. The van der Waals surface area contributed by atoms with Crippen LogP contribution in [0.3, 0.4) is 0 Å². The van der Waals surface area contributed by atoms with Crippen LogP contribution in [0.4, 0.5) is 5.82 Å². The average molecular weight is 351 g/mol. The van der Waals surface area contributed by atoms with Crippen molar-refractivity contribution >= 4 is 29.3 Å². The summed E-state index contributed by atoms with van der Waals surface area (Å²) in [5.41, 5.74) is -0.347. The molecule has 0 spiro atoms. The molecular formula is C15H15ClN4O4. The molecule has 9 heteroatoms. The van der Waals surface area contributed by atoms with Crippen molar-refractivity contribution in [1.29, 1.82) is 0 Å². The van der Waals surface area contributed by atoms with Gasteiger partial charge in [0.15, 0.2) is 12.3 Å². The molecule has 1 N–H and O–H groups in total. The van der Waals surface area contributed by atoms with Crippen LogP contribution < -0.4 is 10.9 Å². The van der Waals surface area contributed by atoms with Gasteiger partial charge in [0.25, 0.3) is 11.5 Å². The molecule has 0 fully saturated rings. The standard InChI is InChI=1S/C15H15ClN4O4/c1-2-7-20-14(22)6-4-11(19-20)15(23)24-9-13(21)18-12-5-3-10(16)8-17-12/h3-6,8H,2,7,9H2,1H3,(H,17,18,21). The number of nitrogens with zero attached hydrogens (tertiary/aromatic N) is 3. The Hall–Kier alpha value is -2.74. The summed E-state index contributed by atoms with van der Waals surface area (Å²) >= 11 is 5.69. The van der Waals surface area contributed by atoms with E-state index in [4.69, 9.17) is 16.3 Å². The minimum absolute atomic E-state index is 0.0412. The van der Waals surface area contributed by atoms with Crippen LogP contribution >= 0.6 is 11.6 Å². The van der Waals surface area contributed by atoms with Gasteiger partial charge in [-0.05, 0) is 24.6 Å². The number of hydrogen-bond acceptors (Lipinski definition) is 6. The van der Waals surface area contributed by atoms with E-state index in [1.54, 1.807) is 6.07 Å². The fourth-order valence-corrected chi connectivity index (χ4v) is 1.88. The topological polar surface area (TPSA) is 103 Å². The Morgan fingerprint density at radius 3 is 2.75 bits per heavy atom. The number of carbonyl (C=O) groups is 2. The van der Waals surface area contributed by atoms with Crippen molar-refractivity contribution in [3.63, 3.8) is 0 Å². The van der Waals surface area contributed by atoms with E-state index in [1.807, 2.05) is 6.92 Å². The van der Waals surface area contributed by atoms with E-state index >= 15 is 0 Å². The number of rotatable bonds is 6. The van der Waals surface area contributed by atoms with Crippen molar-refractivity contribution in [1.82, 2.24) is 14.8 Å². The van der Waals surface area contributed by atoms with Crippen molar-refractivity contribution in [2.45, 2.75) is 19.9 Å². The molecule has 2 aromatic heterocycles. The summed E-state index contributed by atoms with van der Waals surface area (Å²) in [5, 5.41) is 6.80. The van der Waals surface area contributed by atoms with Gasteiger partial charge in [-0.2, -0.15) is 5.10 Å². The van der Waals surface area contributed by atoms with Crippen LogP contribution in [-0.4, -0.2) is 33.2 Å². The van der Waals surface area contributed by atoms with Gasteiger partial charge in [-0.15, -0.1) is 0 Å². The Kier molecular flexibility index (Phi) is 6.02. The Bertz CT molecular complexity index is 789. The first-order chi connectivity index (χ1) is 11.5. The summed E-state index contributed by atoms with van der Waals surface area (Å²) in [6, 6.07) is 5.58. The van der Waals surface area contributed by atoms with Gasteiger partial charge in [0, 0.05) is 18.8 Å². The maximum absolute atomic E-state index is 11.9. The maximum Gasteiger partial charge on any atom is 0.359 e. The molecule has 0 unspecified atom stereocenters. The van der Waals surface area contributed by atoms with Crippen molar-refractivity contribution in [3.8, 4) is 0 Å². The molecule has 2 aromatic rings. The molecule has 0 aliphatic carbocycles.